The lowest BCUT2D eigenvalue weighted by Crippen LogP contribution is -2.57. The Kier molecular flexibility index (Phi) is 2.74. The molecular weight excluding hydrogens is 228 g/mol. The monoisotopic (exact) mass is 248 g/mol. The molecule has 98 valence electrons. The van der Waals surface area contributed by atoms with Crippen molar-refractivity contribution in [2.24, 2.45) is 0 Å². The highest BCUT2D eigenvalue weighted by atomic mass is 15.3. The van der Waals surface area contributed by atoms with Crippen LogP contribution in [0.1, 0.15) is 30.7 Å². The molecule has 3 rings (SSSR count). The van der Waals surface area contributed by atoms with E-state index in [4.69, 9.17) is 11.5 Å². The predicted molar refractivity (Wildman–Crippen MR) is 72.5 cm³/mol. The predicted octanol–water partition coefficient (Wildman–Crippen LogP) is 0.316. The van der Waals surface area contributed by atoms with Crippen LogP contribution in [0.4, 0.5) is 17.6 Å². The fourth-order valence-corrected chi connectivity index (χ4v) is 2.66. The van der Waals surface area contributed by atoms with Crippen LogP contribution < -0.4 is 21.7 Å². The van der Waals surface area contributed by atoms with Crippen LogP contribution in [-0.4, -0.2) is 36.1 Å². The molecule has 1 saturated carbocycles. The van der Waals surface area contributed by atoms with Gasteiger partial charge in [-0.05, 0) is 25.8 Å². The Labute approximate surface area is 107 Å². The van der Waals surface area contributed by atoms with Gasteiger partial charge in [0.25, 0.3) is 0 Å². The van der Waals surface area contributed by atoms with Crippen LogP contribution in [0.2, 0.25) is 0 Å². The van der Waals surface area contributed by atoms with Crippen LogP contribution in [0, 0.1) is 0 Å². The Morgan fingerprint density at radius 1 is 1.22 bits per heavy atom. The van der Waals surface area contributed by atoms with Crippen molar-refractivity contribution < 1.29 is 0 Å². The summed E-state index contributed by atoms with van der Waals surface area (Å²) < 4.78 is 0. The zero-order chi connectivity index (χ0) is 12.7. The standard InChI is InChI=1S/C12H20N6/c1-15-8-5-18(6-8)11-9(7-3-2-4-7)10(13)16-12(14)17-11/h7-8,15H,2-6H2,1H3,(H4,13,14,16,17). The van der Waals surface area contributed by atoms with Crippen molar-refractivity contribution in [2.75, 3.05) is 36.5 Å². The lowest BCUT2D eigenvalue weighted by atomic mass is 9.80. The average Bonchev–Trinajstić information content (AvgIpc) is 2.18. The smallest absolute Gasteiger partial charge is 0.223 e. The van der Waals surface area contributed by atoms with E-state index in [1.54, 1.807) is 0 Å². The van der Waals surface area contributed by atoms with Gasteiger partial charge in [-0.3, -0.25) is 0 Å². The van der Waals surface area contributed by atoms with E-state index >= 15 is 0 Å². The first-order valence-corrected chi connectivity index (χ1v) is 6.54. The summed E-state index contributed by atoms with van der Waals surface area (Å²) in [6.07, 6.45) is 3.65. The quantitative estimate of drug-likeness (QED) is 0.713. The number of nitrogens with two attached hydrogens (primary N) is 2. The molecule has 0 amide bonds. The van der Waals surface area contributed by atoms with Crippen molar-refractivity contribution in [3.8, 4) is 0 Å². The van der Waals surface area contributed by atoms with Crippen molar-refractivity contribution >= 4 is 17.6 Å². The maximum atomic E-state index is 6.04. The first-order chi connectivity index (χ1) is 8.69. The van der Waals surface area contributed by atoms with Gasteiger partial charge in [0.05, 0.1) is 0 Å². The van der Waals surface area contributed by atoms with Gasteiger partial charge in [0.1, 0.15) is 11.6 Å². The summed E-state index contributed by atoms with van der Waals surface area (Å²) >= 11 is 0. The molecule has 0 bridgehead atoms. The molecule has 1 aromatic heterocycles. The fourth-order valence-electron chi connectivity index (χ4n) is 2.66. The van der Waals surface area contributed by atoms with Crippen molar-refractivity contribution in [1.29, 1.82) is 0 Å². The number of rotatable bonds is 3. The summed E-state index contributed by atoms with van der Waals surface area (Å²) in [5.41, 5.74) is 12.9. The summed E-state index contributed by atoms with van der Waals surface area (Å²) in [5, 5.41) is 3.26. The maximum Gasteiger partial charge on any atom is 0.223 e. The number of anilines is 3. The molecule has 1 aliphatic heterocycles. The molecule has 1 aromatic rings. The Morgan fingerprint density at radius 3 is 2.50 bits per heavy atom. The van der Waals surface area contributed by atoms with Crippen LogP contribution in [0.25, 0.3) is 0 Å². The van der Waals surface area contributed by atoms with E-state index in [1.807, 2.05) is 7.05 Å². The first kappa shape index (κ1) is 11.5. The highest BCUT2D eigenvalue weighted by molar-refractivity contribution is 5.63. The molecule has 0 spiro atoms. The number of nitrogens with zero attached hydrogens (tertiary/aromatic N) is 3. The summed E-state index contributed by atoms with van der Waals surface area (Å²) in [6.45, 7) is 1.93. The second-order valence-electron chi connectivity index (χ2n) is 5.22. The molecule has 6 heteroatoms. The number of nitrogen functional groups attached to an aromatic ring is 2. The van der Waals surface area contributed by atoms with Crippen molar-refractivity contribution in [3.63, 3.8) is 0 Å². The zero-order valence-electron chi connectivity index (χ0n) is 10.7. The molecule has 6 nitrogen and oxygen atoms in total. The Hall–Kier alpha value is -1.56. The number of likely N-dealkylation sites (N-methyl/N-ethyl adjacent to an activating group) is 1. The molecule has 1 aliphatic carbocycles. The van der Waals surface area contributed by atoms with Gasteiger partial charge in [-0.2, -0.15) is 9.97 Å². The number of aromatic nitrogens is 2. The van der Waals surface area contributed by atoms with E-state index in [0.717, 1.165) is 24.5 Å². The van der Waals surface area contributed by atoms with E-state index < -0.39 is 0 Å². The molecule has 0 unspecified atom stereocenters. The molecule has 2 fully saturated rings. The van der Waals surface area contributed by atoms with E-state index in [-0.39, 0.29) is 5.95 Å². The van der Waals surface area contributed by atoms with E-state index in [0.29, 0.717) is 17.8 Å². The summed E-state index contributed by atoms with van der Waals surface area (Å²) in [6, 6.07) is 0.539. The number of hydrogen-bond donors (Lipinski definition) is 3. The molecule has 2 aliphatic rings. The molecule has 0 atom stereocenters. The van der Waals surface area contributed by atoms with Gasteiger partial charge < -0.3 is 21.7 Å². The van der Waals surface area contributed by atoms with E-state index in [2.05, 4.69) is 20.2 Å². The summed E-state index contributed by atoms with van der Waals surface area (Å²) in [5.74, 6) is 2.32. The first-order valence-electron chi connectivity index (χ1n) is 6.54. The van der Waals surface area contributed by atoms with Crippen molar-refractivity contribution in [1.82, 2.24) is 15.3 Å². The van der Waals surface area contributed by atoms with Crippen LogP contribution >= 0.6 is 0 Å². The molecule has 0 radical (unpaired) electrons. The second kappa shape index (κ2) is 4.28. The highest BCUT2D eigenvalue weighted by Crippen LogP contribution is 2.43. The second-order valence-corrected chi connectivity index (χ2v) is 5.22. The van der Waals surface area contributed by atoms with Gasteiger partial charge in [-0.25, -0.2) is 0 Å². The third-order valence-electron chi connectivity index (χ3n) is 4.08. The van der Waals surface area contributed by atoms with Crippen LogP contribution in [0.5, 0.6) is 0 Å². The lowest BCUT2D eigenvalue weighted by molar-refractivity contribution is 0.409. The number of hydrogen-bond acceptors (Lipinski definition) is 6. The fraction of sp³-hybridized carbons (Fsp3) is 0.667. The average molecular weight is 248 g/mol. The van der Waals surface area contributed by atoms with Gasteiger partial charge in [0.15, 0.2) is 0 Å². The molecule has 0 aromatic carbocycles. The molecule has 2 heterocycles. The van der Waals surface area contributed by atoms with Gasteiger partial charge in [0, 0.05) is 24.7 Å². The SMILES string of the molecule is CNC1CN(c2nc(N)nc(N)c2C2CCC2)C1. The topological polar surface area (TPSA) is 93.1 Å². The highest BCUT2D eigenvalue weighted by Gasteiger charge is 2.33. The Balaban J connectivity index is 1.91. The number of nitrogens with one attached hydrogen (secondary N) is 1. The normalized spacial score (nSPS) is 20.6. The summed E-state index contributed by atoms with van der Waals surface area (Å²) in [7, 11) is 1.98. The van der Waals surface area contributed by atoms with Crippen LogP contribution in [0.3, 0.4) is 0 Å². The van der Waals surface area contributed by atoms with E-state index in [1.165, 1.54) is 19.3 Å². The van der Waals surface area contributed by atoms with Gasteiger partial charge >= 0.3 is 0 Å². The molecular formula is C12H20N6. The third kappa shape index (κ3) is 1.77. The third-order valence-corrected chi connectivity index (χ3v) is 4.08. The van der Waals surface area contributed by atoms with Crippen molar-refractivity contribution in [2.45, 2.75) is 31.2 Å². The summed E-state index contributed by atoms with van der Waals surface area (Å²) in [4.78, 5) is 10.8. The van der Waals surface area contributed by atoms with Gasteiger partial charge in [-0.15, -0.1) is 0 Å². The minimum atomic E-state index is 0.276. The zero-order valence-corrected chi connectivity index (χ0v) is 10.7. The lowest BCUT2D eigenvalue weighted by Gasteiger charge is -2.42. The Morgan fingerprint density at radius 2 is 1.94 bits per heavy atom. The maximum absolute atomic E-state index is 6.04. The molecule has 5 N–H and O–H groups in total. The van der Waals surface area contributed by atoms with Gasteiger partial charge in [-0.1, -0.05) is 6.42 Å². The minimum Gasteiger partial charge on any atom is -0.383 e. The van der Waals surface area contributed by atoms with Crippen molar-refractivity contribution in [3.05, 3.63) is 5.56 Å². The largest absolute Gasteiger partial charge is 0.383 e. The van der Waals surface area contributed by atoms with Gasteiger partial charge in [0.2, 0.25) is 5.95 Å². The molecule has 1 saturated heterocycles. The Bertz CT molecular complexity index is 450. The van der Waals surface area contributed by atoms with Crippen LogP contribution in [0.15, 0.2) is 0 Å². The minimum absolute atomic E-state index is 0.276. The van der Waals surface area contributed by atoms with E-state index in [9.17, 15) is 0 Å². The van der Waals surface area contributed by atoms with Crippen LogP contribution in [-0.2, 0) is 0 Å². The molecule has 18 heavy (non-hydrogen) atoms.